The third-order valence-corrected chi connectivity index (χ3v) is 2.57. The van der Waals surface area contributed by atoms with Gasteiger partial charge in [-0.25, -0.2) is 10.1 Å². The molecule has 0 unspecified atom stereocenters. The largest absolute Gasteiger partial charge is 0.468 e. The Morgan fingerprint density at radius 2 is 2.09 bits per heavy atom. The molecule has 0 saturated carbocycles. The number of H-pyrrole nitrogens is 1. The molecule has 2 N–H and O–H groups in total. The van der Waals surface area contributed by atoms with Crippen LogP contribution in [-0.2, 0) is 6.54 Å². The highest BCUT2D eigenvalue weighted by molar-refractivity contribution is 5.91. The summed E-state index contributed by atoms with van der Waals surface area (Å²) in [5, 5.41) is 8.08. The van der Waals surface area contributed by atoms with Crippen LogP contribution in [0.1, 0.15) is 16.1 Å². The topological polar surface area (TPSA) is 97.0 Å². The smallest absolute Gasteiger partial charge is 0.422 e. The normalized spacial score (nSPS) is 11.1. The number of hydrogen-bond donors (Lipinski definition) is 2. The third kappa shape index (κ3) is 5.09. The molecule has 2 rings (SSSR count). The molecule has 122 valence electrons. The van der Waals surface area contributed by atoms with Crippen molar-refractivity contribution in [1.29, 1.82) is 0 Å². The van der Waals surface area contributed by atoms with Gasteiger partial charge in [-0.15, -0.1) is 0 Å². The summed E-state index contributed by atoms with van der Waals surface area (Å²) in [5.74, 6) is -0.827. The first-order chi connectivity index (χ1) is 10.8. The molecule has 2 heterocycles. The van der Waals surface area contributed by atoms with Crippen LogP contribution in [0.25, 0.3) is 0 Å². The van der Waals surface area contributed by atoms with Gasteiger partial charge in [-0.3, -0.25) is 9.59 Å². The molecule has 1 amide bonds. The lowest BCUT2D eigenvalue weighted by Gasteiger charge is -2.12. The average Bonchev–Trinajstić information content (AvgIpc) is 2.51. The second-order valence-corrected chi connectivity index (χ2v) is 4.36. The second kappa shape index (κ2) is 6.90. The van der Waals surface area contributed by atoms with Crippen molar-refractivity contribution in [3.8, 4) is 5.88 Å². The van der Waals surface area contributed by atoms with E-state index >= 15 is 0 Å². The minimum atomic E-state index is -4.49. The molecule has 2 aromatic heterocycles. The maximum atomic E-state index is 12.2. The minimum Gasteiger partial charge on any atom is -0.468 e. The lowest BCUT2D eigenvalue weighted by Crippen LogP contribution is -2.26. The number of carbonyl (C=O) groups excluding carboxylic acids is 1. The van der Waals surface area contributed by atoms with Crippen LogP contribution in [0.15, 0.2) is 35.3 Å². The van der Waals surface area contributed by atoms with Gasteiger partial charge < -0.3 is 10.1 Å². The number of hydrogen-bond acceptors (Lipinski definition) is 5. The van der Waals surface area contributed by atoms with Crippen molar-refractivity contribution in [2.45, 2.75) is 12.7 Å². The van der Waals surface area contributed by atoms with Crippen molar-refractivity contribution < 1.29 is 22.7 Å². The Bertz CT molecular complexity index is 725. The fraction of sp³-hybridized carbons (Fsp3) is 0.231. The van der Waals surface area contributed by atoms with Gasteiger partial charge in [-0.05, 0) is 12.1 Å². The van der Waals surface area contributed by atoms with Crippen LogP contribution in [0, 0.1) is 0 Å². The van der Waals surface area contributed by atoms with E-state index in [2.05, 4.69) is 25.2 Å². The molecular weight excluding hydrogens is 317 g/mol. The van der Waals surface area contributed by atoms with E-state index in [0.29, 0.717) is 0 Å². The molecule has 10 heteroatoms. The Kier molecular flexibility index (Phi) is 4.94. The SMILES string of the molecule is O=C(NCc1cccnc1OCC(F)(F)F)c1ccc(=O)[nH]n1. The highest BCUT2D eigenvalue weighted by Gasteiger charge is 2.29. The Morgan fingerprint density at radius 3 is 2.74 bits per heavy atom. The standard InChI is InChI=1S/C13H11F3N4O3/c14-13(15,16)7-23-12-8(2-1-5-17-12)6-18-11(22)9-3-4-10(21)20-19-9/h1-5H,6-7H2,(H,18,22)(H,20,21). The number of ether oxygens (including phenoxy) is 1. The highest BCUT2D eigenvalue weighted by Crippen LogP contribution is 2.19. The van der Waals surface area contributed by atoms with Crippen LogP contribution < -0.4 is 15.6 Å². The second-order valence-electron chi connectivity index (χ2n) is 4.36. The van der Waals surface area contributed by atoms with Gasteiger partial charge in [-0.2, -0.15) is 18.3 Å². The molecular formula is C13H11F3N4O3. The fourth-order valence-electron chi connectivity index (χ4n) is 1.58. The number of nitrogens with zero attached hydrogens (tertiary/aromatic N) is 2. The lowest BCUT2D eigenvalue weighted by molar-refractivity contribution is -0.154. The summed E-state index contributed by atoms with van der Waals surface area (Å²) in [5.41, 5.74) is -0.225. The molecule has 0 atom stereocenters. The van der Waals surface area contributed by atoms with Crippen molar-refractivity contribution in [2.24, 2.45) is 0 Å². The number of pyridine rings is 1. The zero-order chi connectivity index (χ0) is 16.9. The van der Waals surface area contributed by atoms with Gasteiger partial charge in [0.05, 0.1) is 0 Å². The number of aromatic nitrogens is 3. The third-order valence-electron chi connectivity index (χ3n) is 2.57. The number of rotatable bonds is 5. The van der Waals surface area contributed by atoms with Gasteiger partial charge in [0.15, 0.2) is 6.61 Å². The number of halogens is 3. The quantitative estimate of drug-likeness (QED) is 0.855. The highest BCUT2D eigenvalue weighted by atomic mass is 19.4. The van der Waals surface area contributed by atoms with Crippen LogP contribution in [0.3, 0.4) is 0 Å². The van der Waals surface area contributed by atoms with Gasteiger partial charge >= 0.3 is 6.18 Å². The van der Waals surface area contributed by atoms with Crippen LogP contribution in [0.5, 0.6) is 5.88 Å². The first-order valence-electron chi connectivity index (χ1n) is 6.32. The molecule has 2 aromatic rings. The van der Waals surface area contributed by atoms with E-state index in [1.54, 1.807) is 0 Å². The van der Waals surface area contributed by atoms with E-state index in [9.17, 15) is 22.8 Å². The summed E-state index contributed by atoms with van der Waals surface area (Å²) in [7, 11) is 0. The van der Waals surface area contributed by atoms with Gasteiger partial charge in [0.25, 0.3) is 11.5 Å². The van der Waals surface area contributed by atoms with Crippen molar-refractivity contribution in [2.75, 3.05) is 6.61 Å². The predicted octanol–water partition coefficient (Wildman–Crippen LogP) is 1.04. The van der Waals surface area contributed by atoms with Crippen molar-refractivity contribution in [3.05, 3.63) is 52.1 Å². The molecule has 7 nitrogen and oxygen atoms in total. The molecule has 0 bridgehead atoms. The number of alkyl halides is 3. The Hall–Kier alpha value is -2.91. The Morgan fingerprint density at radius 1 is 1.30 bits per heavy atom. The molecule has 0 radical (unpaired) electrons. The van der Waals surface area contributed by atoms with E-state index in [0.717, 1.165) is 6.07 Å². The van der Waals surface area contributed by atoms with Crippen molar-refractivity contribution >= 4 is 5.91 Å². The van der Waals surface area contributed by atoms with Crippen LogP contribution in [0.2, 0.25) is 0 Å². The van der Waals surface area contributed by atoms with Crippen molar-refractivity contribution in [1.82, 2.24) is 20.5 Å². The maximum Gasteiger partial charge on any atom is 0.422 e. The number of nitrogens with one attached hydrogen (secondary N) is 2. The number of aromatic amines is 1. The van der Waals surface area contributed by atoms with Gasteiger partial charge in [-0.1, -0.05) is 6.07 Å². The molecule has 0 spiro atoms. The lowest BCUT2D eigenvalue weighted by atomic mass is 10.2. The molecule has 0 aromatic carbocycles. The summed E-state index contributed by atoms with van der Waals surface area (Å²) in [6.07, 6.45) is -3.21. The number of carbonyl (C=O) groups is 1. The van der Waals surface area contributed by atoms with Crippen molar-refractivity contribution in [3.63, 3.8) is 0 Å². The first-order valence-corrected chi connectivity index (χ1v) is 6.32. The number of amides is 1. The summed E-state index contributed by atoms with van der Waals surface area (Å²) < 4.78 is 41.1. The summed E-state index contributed by atoms with van der Waals surface area (Å²) in [4.78, 5) is 26.4. The Balaban J connectivity index is 2.01. The van der Waals surface area contributed by atoms with E-state index < -0.39 is 24.2 Å². The van der Waals surface area contributed by atoms with Crippen LogP contribution >= 0.6 is 0 Å². The van der Waals surface area contributed by atoms with E-state index in [1.807, 2.05) is 0 Å². The van der Waals surface area contributed by atoms with E-state index in [1.165, 1.54) is 24.4 Å². The molecule has 0 aliphatic heterocycles. The fourth-order valence-corrected chi connectivity index (χ4v) is 1.58. The maximum absolute atomic E-state index is 12.2. The molecule has 0 saturated heterocycles. The van der Waals surface area contributed by atoms with Gasteiger partial charge in [0.1, 0.15) is 5.69 Å². The molecule has 0 fully saturated rings. The zero-order valence-corrected chi connectivity index (χ0v) is 11.6. The molecule has 0 aliphatic rings. The van der Waals surface area contributed by atoms with Crippen LogP contribution in [-0.4, -0.2) is 33.9 Å². The summed E-state index contributed by atoms with van der Waals surface area (Å²) in [6.45, 7) is -1.59. The van der Waals surface area contributed by atoms with E-state index in [4.69, 9.17) is 0 Å². The molecule has 23 heavy (non-hydrogen) atoms. The summed E-state index contributed by atoms with van der Waals surface area (Å²) >= 11 is 0. The Labute approximate surface area is 127 Å². The predicted molar refractivity (Wildman–Crippen MR) is 71.8 cm³/mol. The van der Waals surface area contributed by atoms with Gasteiger partial charge in [0, 0.05) is 24.4 Å². The summed E-state index contributed by atoms with van der Waals surface area (Å²) in [6, 6.07) is 5.32. The first kappa shape index (κ1) is 16.5. The van der Waals surface area contributed by atoms with Crippen LogP contribution in [0.4, 0.5) is 13.2 Å². The monoisotopic (exact) mass is 328 g/mol. The van der Waals surface area contributed by atoms with Gasteiger partial charge in [0.2, 0.25) is 5.88 Å². The average molecular weight is 328 g/mol. The van der Waals surface area contributed by atoms with E-state index in [-0.39, 0.29) is 23.7 Å². The minimum absolute atomic E-state index is 0.0359. The zero-order valence-electron chi connectivity index (χ0n) is 11.6. The molecule has 0 aliphatic carbocycles.